The first-order chi connectivity index (χ1) is 9.47. The first kappa shape index (κ1) is 14.2. The van der Waals surface area contributed by atoms with Gasteiger partial charge in [-0.25, -0.2) is 0 Å². The second-order valence-electron chi connectivity index (χ2n) is 4.04. The van der Waals surface area contributed by atoms with E-state index in [1.807, 2.05) is 6.07 Å². The second-order valence-corrected chi connectivity index (χ2v) is 4.04. The number of nitrogens with zero attached hydrogens (tertiary/aromatic N) is 2. The molecule has 0 aliphatic heterocycles. The van der Waals surface area contributed by atoms with Gasteiger partial charge in [0.2, 0.25) is 0 Å². The Labute approximate surface area is 113 Å². The summed E-state index contributed by atoms with van der Waals surface area (Å²) in [5.74, 6) is 0. The van der Waals surface area contributed by atoms with Gasteiger partial charge in [-0.15, -0.1) is 0 Å². The van der Waals surface area contributed by atoms with Gasteiger partial charge in [0, 0.05) is 5.56 Å². The first-order valence-corrected chi connectivity index (χ1v) is 5.78. The number of hydrogen-bond donors (Lipinski definition) is 1. The Kier molecular flexibility index (Phi) is 4.14. The van der Waals surface area contributed by atoms with Crippen molar-refractivity contribution in [3.8, 4) is 0 Å². The zero-order valence-electron chi connectivity index (χ0n) is 10.2. The Hall–Kier alpha value is -2.21. The number of aliphatic hydroxyl groups is 1. The molecule has 0 saturated heterocycles. The van der Waals surface area contributed by atoms with E-state index in [4.69, 9.17) is 0 Å². The van der Waals surface area contributed by atoms with E-state index in [0.717, 1.165) is 12.1 Å². The van der Waals surface area contributed by atoms with Crippen molar-refractivity contribution in [2.24, 2.45) is 10.2 Å². The number of aliphatic hydroxyl groups excluding tert-OH is 1. The molecular formula is C14H11F3N2O. The molecule has 1 atom stereocenters. The van der Waals surface area contributed by atoms with Crippen LogP contribution < -0.4 is 0 Å². The summed E-state index contributed by atoms with van der Waals surface area (Å²) < 4.78 is 37.2. The molecule has 0 spiro atoms. The molecule has 3 nitrogen and oxygen atoms in total. The predicted molar refractivity (Wildman–Crippen MR) is 67.4 cm³/mol. The van der Waals surface area contributed by atoms with Crippen LogP contribution in [0.2, 0.25) is 0 Å². The first-order valence-electron chi connectivity index (χ1n) is 5.78. The highest BCUT2D eigenvalue weighted by molar-refractivity contribution is 5.34. The lowest BCUT2D eigenvalue weighted by atomic mass is 10.1. The van der Waals surface area contributed by atoms with Crippen molar-refractivity contribution in [3.63, 3.8) is 0 Å². The van der Waals surface area contributed by atoms with Crippen LogP contribution >= 0.6 is 0 Å². The van der Waals surface area contributed by atoms with Gasteiger partial charge in [-0.1, -0.05) is 30.3 Å². The molecule has 0 aliphatic rings. The number of azo groups is 1. The molecule has 0 fully saturated rings. The monoisotopic (exact) mass is 280 g/mol. The predicted octanol–water partition coefficient (Wildman–Crippen LogP) is 4.48. The van der Waals surface area contributed by atoms with Crippen molar-refractivity contribution >= 4 is 5.69 Å². The maximum Gasteiger partial charge on any atom is 0.416 e. The van der Waals surface area contributed by atoms with E-state index >= 15 is 0 Å². The summed E-state index contributed by atoms with van der Waals surface area (Å²) >= 11 is 0. The van der Waals surface area contributed by atoms with E-state index < -0.39 is 18.0 Å². The lowest BCUT2D eigenvalue weighted by Crippen LogP contribution is -2.05. The Morgan fingerprint density at radius 1 is 0.900 bits per heavy atom. The van der Waals surface area contributed by atoms with Crippen molar-refractivity contribution in [2.75, 3.05) is 0 Å². The molecule has 0 heterocycles. The molecule has 1 N–H and O–H groups in total. The quantitative estimate of drug-likeness (QED) is 0.828. The van der Waals surface area contributed by atoms with Gasteiger partial charge >= 0.3 is 6.18 Å². The molecular weight excluding hydrogens is 269 g/mol. The highest BCUT2D eigenvalue weighted by Gasteiger charge is 2.30. The van der Waals surface area contributed by atoms with Gasteiger partial charge in [0.25, 0.3) is 0 Å². The molecule has 1 unspecified atom stereocenters. The van der Waals surface area contributed by atoms with E-state index in [1.165, 1.54) is 12.1 Å². The number of halogens is 3. The zero-order chi connectivity index (χ0) is 14.6. The molecule has 0 radical (unpaired) electrons. The van der Waals surface area contributed by atoms with E-state index in [1.54, 1.807) is 24.3 Å². The van der Waals surface area contributed by atoms with E-state index in [2.05, 4.69) is 10.2 Å². The van der Waals surface area contributed by atoms with Gasteiger partial charge < -0.3 is 5.11 Å². The zero-order valence-corrected chi connectivity index (χ0v) is 10.2. The van der Waals surface area contributed by atoms with Crippen molar-refractivity contribution < 1.29 is 18.3 Å². The Morgan fingerprint density at radius 3 is 2.05 bits per heavy atom. The third-order valence-electron chi connectivity index (χ3n) is 2.57. The summed E-state index contributed by atoms with van der Waals surface area (Å²) in [6.45, 7) is 0. The van der Waals surface area contributed by atoms with Crippen molar-refractivity contribution in [3.05, 3.63) is 65.7 Å². The Bertz CT molecular complexity index is 580. The van der Waals surface area contributed by atoms with E-state index in [0.29, 0.717) is 5.69 Å². The third-order valence-corrected chi connectivity index (χ3v) is 2.57. The lowest BCUT2D eigenvalue weighted by Gasteiger charge is -2.08. The molecule has 0 aromatic heterocycles. The van der Waals surface area contributed by atoms with Crippen LogP contribution in [0.5, 0.6) is 0 Å². The second kappa shape index (κ2) is 5.83. The van der Waals surface area contributed by atoms with Crippen LogP contribution in [0.3, 0.4) is 0 Å². The number of hydrogen-bond acceptors (Lipinski definition) is 3. The molecule has 6 heteroatoms. The SMILES string of the molecule is OC(N=Nc1ccccc1)c1ccc(C(F)(F)F)cc1. The summed E-state index contributed by atoms with van der Waals surface area (Å²) in [5.41, 5.74) is 0.0320. The molecule has 0 aliphatic carbocycles. The molecule has 2 rings (SSSR count). The van der Waals surface area contributed by atoms with Crippen LogP contribution in [0.1, 0.15) is 17.4 Å². The average Bonchev–Trinajstić information content (AvgIpc) is 2.45. The number of rotatable bonds is 3. The van der Waals surface area contributed by atoms with Gasteiger partial charge in [0.05, 0.1) is 11.3 Å². The molecule has 0 bridgehead atoms. The smallest absolute Gasteiger partial charge is 0.366 e. The minimum Gasteiger partial charge on any atom is -0.366 e. The molecule has 2 aromatic carbocycles. The van der Waals surface area contributed by atoms with Gasteiger partial charge in [-0.2, -0.15) is 23.4 Å². The minimum atomic E-state index is -4.39. The van der Waals surface area contributed by atoms with Gasteiger partial charge in [-0.3, -0.25) is 0 Å². The average molecular weight is 280 g/mol. The van der Waals surface area contributed by atoms with Gasteiger partial charge in [-0.05, 0) is 24.3 Å². The standard InChI is InChI=1S/C14H11F3N2O/c15-14(16,17)11-8-6-10(7-9-11)13(20)19-18-12-4-2-1-3-5-12/h1-9,13,20H. The maximum absolute atomic E-state index is 12.4. The summed E-state index contributed by atoms with van der Waals surface area (Å²) in [5, 5.41) is 17.2. The van der Waals surface area contributed by atoms with E-state index in [-0.39, 0.29) is 5.56 Å². The fourth-order valence-electron chi connectivity index (χ4n) is 1.53. The number of benzene rings is 2. The summed E-state index contributed by atoms with van der Waals surface area (Å²) in [6.07, 6.45) is -5.69. The summed E-state index contributed by atoms with van der Waals surface area (Å²) in [4.78, 5) is 0. The van der Waals surface area contributed by atoms with E-state index in [9.17, 15) is 18.3 Å². The summed E-state index contributed by atoms with van der Waals surface area (Å²) in [6, 6.07) is 12.9. The number of alkyl halides is 3. The molecule has 2 aromatic rings. The minimum absolute atomic E-state index is 0.248. The normalized spacial score (nSPS) is 13.6. The maximum atomic E-state index is 12.4. The molecule has 0 amide bonds. The van der Waals surface area contributed by atoms with Gasteiger partial charge in [0.1, 0.15) is 0 Å². The molecule has 20 heavy (non-hydrogen) atoms. The van der Waals surface area contributed by atoms with Crippen LogP contribution in [0.15, 0.2) is 64.8 Å². The van der Waals surface area contributed by atoms with Crippen LogP contribution in [0.25, 0.3) is 0 Å². The summed E-state index contributed by atoms with van der Waals surface area (Å²) in [7, 11) is 0. The van der Waals surface area contributed by atoms with Crippen LogP contribution in [-0.2, 0) is 6.18 Å². The van der Waals surface area contributed by atoms with Crippen LogP contribution in [-0.4, -0.2) is 5.11 Å². The van der Waals surface area contributed by atoms with Crippen molar-refractivity contribution in [1.82, 2.24) is 0 Å². The molecule has 104 valence electrons. The fraction of sp³-hybridized carbons (Fsp3) is 0.143. The highest BCUT2D eigenvalue weighted by atomic mass is 19.4. The Morgan fingerprint density at radius 2 is 1.50 bits per heavy atom. The highest BCUT2D eigenvalue weighted by Crippen LogP contribution is 2.30. The van der Waals surface area contributed by atoms with Crippen molar-refractivity contribution in [1.29, 1.82) is 0 Å². The van der Waals surface area contributed by atoms with Crippen LogP contribution in [0.4, 0.5) is 18.9 Å². The molecule has 0 saturated carbocycles. The lowest BCUT2D eigenvalue weighted by molar-refractivity contribution is -0.137. The van der Waals surface area contributed by atoms with Crippen molar-refractivity contribution in [2.45, 2.75) is 12.4 Å². The van der Waals surface area contributed by atoms with Gasteiger partial charge in [0.15, 0.2) is 6.23 Å². The third kappa shape index (κ3) is 3.64. The Balaban J connectivity index is 2.10. The largest absolute Gasteiger partial charge is 0.416 e. The fourth-order valence-corrected chi connectivity index (χ4v) is 1.53. The topological polar surface area (TPSA) is 45.0 Å². The van der Waals surface area contributed by atoms with Crippen LogP contribution in [0, 0.1) is 0 Å².